The minimum absolute atomic E-state index is 0.0681. The highest BCUT2D eigenvalue weighted by Crippen LogP contribution is 2.23. The lowest BCUT2D eigenvalue weighted by atomic mass is 9.91. The molecule has 0 bridgehead atoms. The Morgan fingerprint density at radius 1 is 1.24 bits per heavy atom. The summed E-state index contributed by atoms with van der Waals surface area (Å²) >= 11 is 0. The van der Waals surface area contributed by atoms with Crippen LogP contribution in [0.4, 0.5) is 23.1 Å². The molecule has 0 saturated heterocycles. The number of nitrogens with two attached hydrogens (primary N) is 3. The minimum Gasteiger partial charge on any atom is -0.399 e. The summed E-state index contributed by atoms with van der Waals surface area (Å²) in [5.74, 6) is 0.144. The second-order valence-corrected chi connectivity index (χ2v) is 6.27. The van der Waals surface area contributed by atoms with Crippen LogP contribution < -0.4 is 27.8 Å². The van der Waals surface area contributed by atoms with E-state index in [1.807, 2.05) is 12.1 Å². The number of amides is 1. The van der Waals surface area contributed by atoms with Gasteiger partial charge in [0.2, 0.25) is 5.95 Å². The van der Waals surface area contributed by atoms with Gasteiger partial charge < -0.3 is 27.8 Å². The number of aromatic nitrogens is 2. The maximum atomic E-state index is 11.7. The normalized spacial score (nSPS) is 20.0. The van der Waals surface area contributed by atoms with Crippen LogP contribution in [-0.4, -0.2) is 28.0 Å². The Labute approximate surface area is 146 Å². The Balaban J connectivity index is 1.85. The molecule has 8 heteroatoms. The molecule has 8 nitrogen and oxygen atoms in total. The van der Waals surface area contributed by atoms with E-state index in [0.717, 1.165) is 25.7 Å². The van der Waals surface area contributed by atoms with Gasteiger partial charge in [-0.3, -0.25) is 4.79 Å². The third-order valence-corrected chi connectivity index (χ3v) is 4.34. The van der Waals surface area contributed by atoms with Gasteiger partial charge in [0, 0.05) is 29.7 Å². The molecule has 132 valence electrons. The lowest BCUT2D eigenvalue weighted by Gasteiger charge is -2.29. The summed E-state index contributed by atoms with van der Waals surface area (Å²) in [6.45, 7) is 0. The SMILES string of the molecule is NC(=O)c1cnc(NC2CCCCC2N)nc1Nc1cccc(N)c1. The third kappa shape index (κ3) is 4.16. The molecule has 2 aromatic rings. The van der Waals surface area contributed by atoms with Gasteiger partial charge >= 0.3 is 0 Å². The van der Waals surface area contributed by atoms with E-state index in [2.05, 4.69) is 20.6 Å². The van der Waals surface area contributed by atoms with E-state index in [1.54, 1.807) is 12.1 Å². The topological polar surface area (TPSA) is 145 Å². The van der Waals surface area contributed by atoms with Crippen LogP contribution in [0.5, 0.6) is 0 Å². The number of primary amides is 1. The predicted molar refractivity (Wildman–Crippen MR) is 98.5 cm³/mol. The van der Waals surface area contributed by atoms with Crippen molar-refractivity contribution in [2.45, 2.75) is 37.8 Å². The fourth-order valence-corrected chi connectivity index (χ4v) is 2.98. The van der Waals surface area contributed by atoms with E-state index in [-0.39, 0.29) is 17.6 Å². The number of benzene rings is 1. The van der Waals surface area contributed by atoms with Gasteiger partial charge in [0.25, 0.3) is 5.91 Å². The van der Waals surface area contributed by atoms with Crippen LogP contribution in [0.25, 0.3) is 0 Å². The number of anilines is 4. The monoisotopic (exact) mass is 341 g/mol. The fourth-order valence-electron chi connectivity index (χ4n) is 2.98. The van der Waals surface area contributed by atoms with Crippen LogP contribution in [0, 0.1) is 0 Å². The Bertz CT molecular complexity index is 764. The van der Waals surface area contributed by atoms with Crippen LogP contribution in [-0.2, 0) is 0 Å². The van der Waals surface area contributed by atoms with Crippen LogP contribution in [0.2, 0.25) is 0 Å². The van der Waals surface area contributed by atoms with Crippen LogP contribution in [0.1, 0.15) is 36.0 Å². The standard InChI is InChI=1S/C17H23N7O/c18-10-4-3-5-11(8-10)22-16-12(15(20)25)9-21-17(24-16)23-14-7-2-1-6-13(14)19/h3-5,8-9,13-14H,1-2,6-7,18-19H2,(H2,20,25)(H2,21,22,23,24). The molecule has 0 spiro atoms. The number of rotatable bonds is 5. The summed E-state index contributed by atoms with van der Waals surface area (Å²) in [4.78, 5) is 20.3. The van der Waals surface area contributed by atoms with E-state index >= 15 is 0 Å². The summed E-state index contributed by atoms with van der Waals surface area (Å²) in [7, 11) is 0. The zero-order valence-corrected chi connectivity index (χ0v) is 13.9. The smallest absolute Gasteiger partial charge is 0.254 e. The van der Waals surface area contributed by atoms with Crippen molar-refractivity contribution >= 4 is 29.0 Å². The highest BCUT2D eigenvalue weighted by Gasteiger charge is 2.23. The third-order valence-electron chi connectivity index (χ3n) is 4.34. The number of nitrogens with one attached hydrogen (secondary N) is 2. The molecule has 8 N–H and O–H groups in total. The summed E-state index contributed by atoms with van der Waals surface area (Å²) in [6.07, 6.45) is 5.63. The van der Waals surface area contributed by atoms with Gasteiger partial charge in [-0.1, -0.05) is 18.9 Å². The maximum Gasteiger partial charge on any atom is 0.254 e. The summed E-state index contributed by atoms with van der Waals surface area (Å²) in [5.41, 5.74) is 18.9. The average molecular weight is 341 g/mol. The molecular formula is C17H23N7O. The van der Waals surface area contributed by atoms with Gasteiger partial charge in [-0.25, -0.2) is 4.98 Å². The molecule has 0 radical (unpaired) electrons. The Kier molecular flexibility index (Phi) is 4.99. The van der Waals surface area contributed by atoms with Gasteiger partial charge in [-0.15, -0.1) is 0 Å². The molecule has 1 amide bonds. The van der Waals surface area contributed by atoms with Crippen molar-refractivity contribution in [3.8, 4) is 0 Å². The molecule has 2 atom stereocenters. The number of carbonyl (C=O) groups is 1. The van der Waals surface area contributed by atoms with Crippen molar-refractivity contribution in [2.75, 3.05) is 16.4 Å². The second-order valence-electron chi connectivity index (χ2n) is 6.27. The number of nitrogens with zero attached hydrogens (tertiary/aromatic N) is 2. The molecule has 1 aliphatic carbocycles. The van der Waals surface area contributed by atoms with E-state index in [1.165, 1.54) is 6.20 Å². The first-order valence-corrected chi connectivity index (χ1v) is 8.34. The van der Waals surface area contributed by atoms with Crippen LogP contribution in [0.15, 0.2) is 30.5 Å². The molecule has 2 unspecified atom stereocenters. The van der Waals surface area contributed by atoms with Crippen molar-refractivity contribution in [1.82, 2.24) is 9.97 Å². The first-order chi connectivity index (χ1) is 12.0. The van der Waals surface area contributed by atoms with E-state index < -0.39 is 5.91 Å². The second kappa shape index (κ2) is 7.35. The first-order valence-electron chi connectivity index (χ1n) is 8.34. The summed E-state index contributed by atoms with van der Waals surface area (Å²) in [6, 6.07) is 7.34. The quantitative estimate of drug-likeness (QED) is 0.519. The van der Waals surface area contributed by atoms with Crippen molar-refractivity contribution < 1.29 is 4.79 Å². The van der Waals surface area contributed by atoms with Gasteiger partial charge in [-0.05, 0) is 31.0 Å². The molecule has 1 saturated carbocycles. The lowest BCUT2D eigenvalue weighted by Crippen LogP contribution is -2.43. The Hall–Kier alpha value is -2.87. The molecule has 1 aromatic carbocycles. The molecule has 1 aliphatic rings. The van der Waals surface area contributed by atoms with Gasteiger partial charge in [-0.2, -0.15) is 4.98 Å². The summed E-state index contributed by atoms with van der Waals surface area (Å²) in [5, 5.41) is 6.35. The fraction of sp³-hybridized carbons (Fsp3) is 0.353. The van der Waals surface area contributed by atoms with Crippen LogP contribution in [0.3, 0.4) is 0 Å². The lowest BCUT2D eigenvalue weighted by molar-refractivity contribution is 0.100. The molecule has 25 heavy (non-hydrogen) atoms. The largest absolute Gasteiger partial charge is 0.399 e. The Morgan fingerprint density at radius 2 is 2.04 bits per heavy atom. The zero-order valence-electron chi connectivity index (χ0n) is 13.9. The van der Waals surface area contributed by atoms with Crippen LogP contribution >= 0.6 is 0 Å². The van der Waals surface area contributed by atoms with E-state index in [0.29, 0.717) is 23.1 Å². The Morgan fingerprint density at radius 3 is 2.76 bits per heavy atom. The molecule has 1 aromatic heterocycles. The average Bonchev–Trinajstić information content (AvgIpc) is 2.57. The first kappa shape index (κ1) is 17.0. The van der Waals surface area contributed by atoms with Gasteiger partial charge in [0.05, 0.1) is 0 Å². The number of carbonyl (C=O) groups excluding carboxylic acids is 1. The number of nitrogen functional groups attached to an aromatic ring is 1. The maximum absolute atomic E-state index is 11.7. The van der Waals surface area contributed by atoms with Crippen molar-refractivity contribution in [3.63, 3.8) is 0 Å². The van der Waals surface area contributed by atoms with E-state index in [9.17, 15) is 4.79 Å². The van der Waals surface area contributed by atoms with Crippen molar-refractivity contribution in [3.05, 3.63) is 36.0 Å². The minimum atomic E-state index is -0.604. The number of hydrogen-bond acceptors (Lipinski definition) is 7. The molecule has 3 rings (SSSR count). The van der Waals surface area contributed by atoms with Crippen molar-refractivity contribution in [1.29, 1.82) is 0 Å². The molecule has 1 heterocycles. The highest BCUT2D eigenvalue weighted by atomic mass is 16.1. The zero-order chi connectivity index (χ0) is 17.8. The molecule has 1 fully saturated rings. The van der Waals surface area contributed by atoms with Gasteiger partial charge in [0.15, 0.2) is 0 Å². The summed E-state index contributed by atoms with van der Waals surface area (Å²) < 4.78 is 0. The predicted octanol–water partition coefficient (Wildman–Crippen LogP) is 1.58. The highest BCUT2D eigenvalue weighted by molar-refractivity contribution is 5.98. The number of hydrogen-bond donors (Lipinski definition) is 5. The molecular weight excluding hydrogens is 318 g/mol. The van der Waals surface area contributed by atoms with Crippen molar-refractivity contribution in [2.24, 2.45) is 11.5 Å². The van der Waals surface area contributed by atoms with Gasteiger partial charge in [0.1, 0.15) is 11.4 Å². The molecule has 0 aliphatic heterocycles. The van der Waals surface area contributed by atoms with E-state index in [4.69, 9.17) is 17.2 Å².